The van der Waals surface area contributed by atoms with E-state index in [1.165, 1.54) is 18.2 Å². The topological polar surface area (TPSA) is 37.3 Å². The van der Waals surface area contributed by atoms with E-state index < -0.39 is 6.10 Å². The lowest BCUT2D eigenvalue weighted by atomic mass is 10.1. The summed E-state index contributed by atoms with van der Waals surface area (Å²) in [4.78, 5) is 10.5. The number of ketones is 1. The van der Waals surface area contributed by atoms with Gasteiger partial charge in [0.15, 0.2) is 5.78 Å². The van der Waals surface area contributed by atoms with Gasteiger partial charge in [0.25, 0.3) is 0 Å². The molecule has 0 aromatic heterocycles. The average molecular weight is 145 g/mol. The molecule has 0 aliphatic heterocycles. The van der Waals surface area contributed by atoms with E-state index in [4.69, 9.17) is 16.7 Å². The molecule has 1 unspecified atom stereocenters. The van der Waals surface area contributed by atoms with Crippen molar-refractivity contribution >= 4 is 17.4 Å². The molecule has 0 spiro atoms. The maximum absolute atomic E-state index is 10.5. The number of aliphatic hydroxyl groups is 1. The second-order valence-electron chi connectivity index (χ2n) is 1.73. The minimum absolute atomic E-state index is 0.0880. The Balaban J connectivity index is 2.82. The van der Waals surface area contributed by atoms with Crippen molar-refractivity contribution in [2.45, 2.75) is 6.10 Å². The predicted molar refractivity (Wildman–Crippen MR) is 34.1 cm³/mol. The van der Waals surface area contributed by atoms with Crippen molar-refractivity contribution in [2.75, 3.05) is 0 Å². The van der Waals surface area contributed by atoms with E-state index in [1.807, 2.05) is 0 Å². The van der Waals surface area contributed by atoms with E-state index in [9.17, 15) is 4.79 Å². The predicted octanol–water partition coefficient (Wildman–Crippen LogP) is 0.609. The van der Waals surface area contributed by atoms with Gasteiger partial charge in [0, 0.05) is 0 Å². The van der Waals surface area contributed by atoms with E-state index >= 15 is 0 Å². The molecule has 1 aliphatic carbocycles. The fourth-order valence-electron chi connectivity index (χ4n) is 0.553. The Labute approximate surface area is 57.4 Å². The third-order valence-corrected chi connectivity index (χ3v) is 1.31. The Morgan fingerprint density at radius 2 is 2.33 bits per heavy atom. The Morgan fingerprint density at radius 1 is 1.67 bits per heavy atom. The minimum Gasteiger partial charge on any atom is -0.385 e. The largest absolute Gasteiger partial charge is 0.385 e. The van der Waals surface area contributed by atoms with E-state index in [0.29, 0.717) is 0 Å². The highest BCUT2D eigenvalue weighted by atomic mass is 35.5. The number of carbonyl (C=O) groups is 1. The quantitative estimate of drug-likeness (QED) is 0.541. The molecule has 2 nitrogen and oxygen atoms in total. The molecule has 0 fully saturated rings. The monoisotopic (exact) mass is 144 g/mol. The molecule has 0 radical (unpaired) electrons. The fourth-order valence-corrected chi connectivity index (χ4v) is 0.745. The van der Waals surface area contributed by atoms with Crippen LogP contribution in [0.4, 0.5) is 0 Å². The normalized spacial score (nSPS) is 26.2. The summed E-state index contributed by atoms with van der Waals surface area (Å²) in [5, 5.41) is 8.89. The molecule has 0 bridgehead atoms. The van der Waals surface area contributed by atoms with Gasteiger partial charge in [0.2, 0.25) is 0 Å². The first-order chi connectivity index (χ1) is 4.20. The van der Waals surface area contributed by atoms with Crippen LogP contribution in [0, 0.1) is 0 Å². The number of halogens is 1. The minimum atomic E-state index is -0.699. The highest BCUT2D eigenvalue weighted by Crippen LogP contribution is 2.10. The van der Waals surface area contributed by atoms with Gasteiger partial charge in [-0.15, -0.1) is 0 Å². The van der Waals surface area contributed by atoms with Crippen LogP contribution in [0.3, 0.4) is 0 Å². The maximum atomic E-state index is 10.5. The summed E-state index contributed by atoms with van der Waals surface area (Å²) in [5.41, 5.74) is 0. The average Bonchev–Trinajstić information content (AvgIpc) is 1.80. The standard InChI is InChI=1S/C6H5ClO2/c7-5-3-4(8)1-2-6(5)9/h1-4,8H. The number of allylic oxidation sites excluding steroid dienone is 2. The summed E-state index contributed by atoms with van der Waals surface area (Å²) < 4.78 is 0. The molecule has 0 amide bonds. The van der Waals surface area contributed by atoms with Crippen LogP contribution >= 0.6 is 11.6 Å². The van der Waals surface area contributed by atoms with Gasteiger partial charge < -0.3 is 5.11 Å². The lowest BCUT2D eigenvalue weighted by molar-refractivity contribution is -0.111. The van der Waals surface area contributed by atoms with E-state index in [2.05, 4.69) is 0 Å². The van der Waals surface area contributed by atoms with Crippen molar-refractivity contribution in [3.63, 3.8) is 0 Å². The maximum Gasteiger partial charge on any atom is 0.196 e. The summed E-state index contributed by atoms with van der Waals surface area (Å²) >= 11 is 5.36. The number of hydrogen-bond acceptors (Lipinski definition) is 2. The van der Waals surface area contributed by atoms with Gasteiger partial charge in [0.1, 0.15) is 0 Å². The first kappa shape index (κ1) is 6.52. The Bertz CT molecular complexity index is 193. The zero-order valence-corrected chi connectivity index (χ0v) is 5.30. The summed E-state index contributed by atoms with van der Waals surface area (Å²) in [6, 6.07) is 0. The van der Waals surface area contributed by atoms with Crippen molar-refractivity contribution in [3.05, 3.63) is 23.3 Å². The number of carbonyl (C=O) groups excluding carboxylic acids is 1. The van der Waals surface area contributed by atoms with Crippen LogP contribution in [0.15, 0.2) is 23.3 Å². The van der Waals surface area contributed by atoms with Crippen LogP contribution in [0.1, 0.15) is 0 Å². The lowest BCUT2D eigenvalue weighted by Gasteiger charge is -2.03. The molecule has 48 valence electrons. The van der Waals surface area contributed by atoms with Crippen molar-refractivity contribution in [2.24, 2.45) is 0 Å². The zero-order chi connectivity index (χ0) is 6.85. The molecule has 1 N–H and O–H groups in total. The second kappa shape index (κ2) is 2.33. The number of hydrogen-bond donors (Lipinski definition) is 1. The first-order valence-electron chi connectivity index (χ1n) is 2.48. The fraction of sp³-hybridized carbons (Fsp3) is 0.167. The van der Waals surface area contributed by atoms with E-state index in [-0.39, 0.29) is 10.8 Å². The molecule has 0 saturated heterocycles. The molecule has 3 heteroatoms. The van der Waals surface area contributed by atoms with Crippen LogP contribution in [0.2, 0.25) is 0 Å². The SMILES string of the molecule is O=C1C=CC(O)C=C1Cl. The van der Waals surface area contributed by atoms with Crippen LogP contribution < -0.4 is 0 Å². The van der Waals surface area contributed by atoms with Gasteiger partial charge >= 0.3 is 0 Å². The summed E-state index contributed by atoms with van der Waals surface area (Å²) in [7, 11) is 0. The number of aliphatic hydroxyl groups excluding tert-OH is 1. The molecular formula is C6H5ClO2. The van der Waals surface area contributed by atoms with E-state index in [1.54, 1.807) is 0 Å². The highest BCUT2D eigenvalue weighted by Gasteiger charge is 2.09. The molecular weight excluding hydrogens is 140 g/mol. The molecule has 9 heavy (non-hydrogen) atoms. The van der Waals surface area contributed by atoms with E-state index in [0.717, 1.165) is 0 Å². The molecule has 0 heterocycles. The van der Waals surface area contributed by atoms with Gasteiger partial charge in [0.05, 0.1) is 11.1 Å². The first-order valence-corrected chi connectivity index (χ1v) is 2.86. The van der Waals surface area contributed by atoms with Crippen molar-refractivity contribution in [3.8, 4) is 0 Å². The second-order valence-corrected chi connectivity index (χ2v) is 2.14. The smallest absolute Gasteiger partial charge is 0.196 e. The van der Waals surface area contributed by atoms with Crippen LogP contribution in [-0.2, 0) is 4.79 Å². The van der Waals surface area contributed by atoms with Gasteiger partial charge in [-0.05, 0) is 18.2 Å². The van der Waals surface area contributed by atoms with Crippen molar-refractivity contribution in [1.82, 2.24) is 0 Å². The zero-order valence-electron chi connectivity index (χ0n) is 4.54. The molecule has 1 aliphatic rings. The summed E-state index contributed by atoms with van der Waals surface area (Å²) in [6.07, 6.45) is 3.24. The molecule has 0 saturated carbocycles. The lowest BCUT2D eigenvalue weighted by Crippen LogP contribution is -2.07. The summed E-state index contributed by atoms with van der Waals surface area (Å²) in [6.45, 7) is 0. The Hall–Kier alpha value is -0.600. The Kier molecular flexibility index (Phi) is 1.69. The Morgan fingerprint density at radius 3 is 2.78 bits per heavy atom. The third-order valence-electron chi connectivity index (χ3n) is 0.997. The van der Waals surface area contributed by atoms with Crippen LogP contribution in [0.5, 0.6) is 0 Å². The highest BCUT2D eigenvalue weighted by molar-refractivity contribution is 6.44. The van der Waals surface area contributed by atoms with Crippen LogP contribution in [0.25, 0.3) is 0 Å². The third kappa shape index (κ3) is 1.40. The van der Waals surface area contributed by atoms with Gasteiger partial charge in [-0.25, -0.2) is 0 Å². The van der Waals surface area contributed by atoms with Crippen molar-refractivity contribution in [1.29, 1.82) is 0 Å². The summed E-state index contributed by atoms with van der Waals surface area (Å²) in [5.74, 6) is -0.248. The molecule has 0 aromatic carbocycles. The molecule has 1 atom stereocenters. The van der Waals surface area contributed by atoms with Crippen LogP contribution in [-0.4, -0.2) is 17.0 Å². The number of rotatable bonds is 0. The van der Waals surface area contributed by atoms with Gasteiger partial charge in [-0.3, -0.25) is 4.79 Å². The molecule has 1 rings (SSSR count). The van der Waals surface area contributed by atoms with Crippen molar-refractivity contribution < 1.29 is 9.90 Å². The van der Waals surface area contributed by atoms with Gasteiger partial charge in [-0.2, -0.15) is 0 Å². The molecule has 0 aromatic rings. The van der Waals surface area contributed by atoms with Gasteiger partial charge in [-0.1, -0.05) is 11.6 Å².